The number of hydrogen-bond donors (Lipinski definition) is 0. The zero-order chi connectivity index (χ0) is 13.6. The van der Waals surface area contributed by atoms with Gasteiger partial charge in [-0.3, -0.25) is 0 Å². The molecular formula is C16H21N3. The van der Waals surface area contributed by atoms with Crippen molar-refractivity contribution in [1.29, 1.82) is 0 Å². The van der Waals surface area contributed by atoms with E-state index in [0.29, 0.717) is 11.8 Å². The van der Waals surface area contributed by atoms with E-state index in [1.807, 2.05) is 0 Å². The van der Waals surface area contributed by atoms with Gasteiger partial charge in [-0.05, 0) is 22.6 Å². The van der Waals surface area contributed by atoms with Crippen LogP contribution in [0.4, 0.5) is 0 Å². The van der Waals surface area contributed by atoms with E-state index in [9.17, 15) is 0 Å². The maximum Gasteiger partial charge on any atom is 0.153 e. The molecule has 0 bridgehead atoms. The lowest BCUT2D eigenvalue weighted by molar-refractivity contribution is 0.609. The fourth-order valence-corrected chi connectivity index (χ4v) is 2.55. The van der Waals surface area contributed by atoms with E-state index in [-0.39, 0.29) is 0 Å². The summed E-state index contributed by atoms with van der Waals surface area (Å²) in [7, 11) is 0. The van der Waals surface area contributed by atoms with Crippen LogP contribution in [0.3, 0.4) is 0 Å². The first-order valence-electron chi connectivity index (χ1n) is 7.10. The van der Waals surface area contributed by atoms with Crippen molar-refractivity contribution in [2.24, 2.45) is 0 Å². The van der Waals surface area contributed by atoms with Crippen molar-refractivity contribution in [3.8, 4) is 0 Å². The molecule has 1 aromatic heterocycles. The van der Waals surface area contributed by atoms with Crippen LogP contribution in [0.15, 0.2) is 18.2 Å². The van der Waals surface area contributed by atoms with Crippen molar-refractivity contribution in [3.63, 3.8) is 0 Å². The molecule has 3 rings (SSSR count). The van der Waals surface area contributed by atoms with Crippen LogP contribution in [0.2, 0.25) is 0 Å². The molecule has 0 saturated heterocycles. The van der Waals surface area contributed by atoms with Crippen molar-refractivity contribution in [1.82, 2.24) is 14.8 Å². The van der Waals surface area contributed by atoms with Gasteiger partial charge in [-0.25, -0.2) is 9.67 Å². The SMILES string of the molecule is CC(C)c1ccc2c(c1)Cc1nc(C(C)C)nn1C2. The third-order valence-electron chi connectivity index (χ3n) is 3.85. The van der Waals surface area contributed by atoms with E-state index in [1.54, 1.807) is 0 Å². The van der Waals surface area contributed by atoms with Crippen LogP contribution in [-0.4, -0.2) is 14.8 Å². The number of hydrogen-bond acceptors (Lipinski definition) is 2. The lowest BCUT2D eigenvalue weighted by Gasteiger charge is -2.18. The maximum absolute atomic E-state index is 4.68. The van der Waals surface area contributed by atoms with Gasteiger partial charge >= 0.3 is 0 Å². The Hall–Kier alpha value is -1.64. The van der Waals surface area contributed by atoms with Gasteiger partial charge in [-0.2, -0.15) is 5.10 Å². The first-order chi connectivity index (χ1) is 9.04. The number of benzene rings is 1. The second kappa shape index (κ2) is 4.48. The molecule has 0 saturated carbocycles. The molecule has 2 aromatic rings. The Kier molecular flexibility index (Phi) is 2.92. The standard InChI is InChI=1S/C16H21N3/c1-10(2)12-5-6-13-9-19-15(8-14(13)7-12)17-16(18-19)11(3)4/h5-7,10-11H,8-9H2,1-4H3. The minimum absolute atomic E-state index is 0.396. The van der Waals surface area contributed by atoms with Gasteiger partial charge < -0.3 is 0 Å². The predicted octanol–water partition coefficient (Wildman–Crippen LogP) is 3.48. The summed E-state index contributed by atoms with van der Waals surface area (Å²) in [6.45, 7) is 9.63. The van der Waals surface area contributed by atoms with Crippen LogP contribution >= 0.6 is 0 Å². The van der Waals surface area contributed by atoms with Gasteiger partial charge in [0.1, 0.15) is 5.82 Å². The van der Waals surface area contributed by atoms with Crippen molar-refractivity contribution >= 4 is 0 Å². The number of fused-ring (bicyclic) bond motifs is 2. The molecule has 0 unspecified atom stereocenters. The molecule has 0 amide bonds. The van der Waals surface area contributed by atoms with E-state index >= 15 is 0 Å². The van der Waals surface area contributed by atoms with Gasteiger partial charge in [0.15, 0.2) is 5.82 Å². The van der Waals surface area contributed by atoms with Gasteiger partial charge in [0.25, 0.3) is 0 Å². The summed E-state index contributed by atoms with van der Waals surface area (Å²) in [6, 6.07) is 6.84. The molecule has 19 heavy (non-hydrogen) atoms. The molecular weight excluding hydrogens is 234 g/mol. The Labute approximate surface area is 114 Å². The highest BCUT2D eigenvalue weighted by Crippen LogP contribution is 2.26. The summed E-state index contributed by atoms with van der Waals surface area (Å²) in [5.41, 5.74) is 4.22. The Bertz CT molecular complexity index is 608. The summed E-state index contributed by atoms with van der Waals surface area (Å²) >= 11 is 0. The molecule has 1 aliphatic rings. The summed E-state index contributed by atoms with van der Waals surface area (Å²) in [5, 5.41) is 4.61. The maximum atomic E-state index is 4.68. The molecule has 0 radical (unpaired) electrons. The first-order valence-corrected chi connectivity index (χ1v) is 7.10. The molecule has 100 valence electrons. The molecule has 0 fully saturated rings. The predicted molar refractivity (Wildman–Crippen MR) is 76.6 cm³/mol. The van der Waals surface area contributed by atoms with E-state index in [1.165, 1.54) is 16.7 Å². The second-order valence-electron chi connectivity index (χ2n) is 6.06. The second-order valence-corrected chi connectivity index (χ2v) is 6.06. The van der Waals surface area contributed by atoms with Crippen LogP contribution in [0.5, 0.6) is 0 Å². The van der Waals surface area contributed by atoms with Crippen molar-refractivity contribution in [3.05, 3.63) is 46.5 Å². The zero-order valence-corrected chi connectivity index (χ0v) is 12.1. The topological polar surface area (TPSA) is 30.7 Å². The first kappa shape index (κ1) is 12.4. The highest BCUT2D eigenvalue weighted by atomic mass is 15.4. The van der Waals surface area contributed by atoms with Crippen molar-refractivity contribution < 1.29 is 0 Å². The summed E-state index contributed by atoms with van der Waals surface area (Å²) < 4.78 is 2.06. The number of rotatable bonds is 2. The Morgan fingerprint density at radius 1 is 1.05 bits per heavy atom. The highest BCUT2D eigenvalue weighted by molar-refractivity contribution is 5.37. The monoisotopic (exact) mass is 255 g/mol. The van der Waals surface area contributed by atoms with E-state index in [0.717, 1.165) is 24.6 Å². The van der Waals surface area contributed by atoms with Crippen LogP contribution in [0.1, 0.15) is 67.9 Å². The van der Waals surface area contributed by atoms with E-state index in [4.69, 9.17) is 0 Å². The summed E-state index contributed by atoms with van der Waals surface area (Å²) in [6.07, 6.45) is 0.912. The fourth-order valence-electron chi connectivity index (χ4n) is 2.55. The highest BCUT2D eigenvalue weighted by Gasteiger charge is 2.20. The number of nitrogens with zero attached hydrogens (tertiary/aromatic N) is 3. The minimum atomic E-state index is 0.396. The normalized spacial score (nSPS) is 13.8. The van der Waals surface area contributed by atoms with Crippen molar-refractivity contribution in [2.75, 3.05) is 0 Å². The molecule has 0 spiro atoms. The lowest BCUT2D eigenvalue weighted by Crippen LogP contribution is -2.15. The third kappa shape index (κ3) is 2.18. The van der Waals surface area contributed by atoms with Crippen LogP contribution in [-0.2, 0) is 13.0 Å². The largest absolute Gasteiger partial charge is 0.245 e. The average Bonchev–Trinajstić information content (AvgIpc) is 2.78. The fraction of sp³-hybridized carbons (Fsp3) is 0.500. The summed E-state index contributed by atoms with van der Waals surface area (Å²) in [5.74, 6) is 3.05. The van der Waals surface area contributed by atoms with Gasteiger partial charge in [-0.15, -0.1) is 0 Å². The van der Waals surface area contributed by atoms with Gasteiger partial charge in [-0.1, -0.05) is 45.9 Å². The third-order valence-corrected chi connectivity index (χ3v) is 3.85. The average molecular weight is 255 g/mol. The quantitative estimate of drug-likeness (QED) is 0.702. The zero-order valence-electron chi connectivity index (χ0n) is 12.1. The molecule has 1 aromatic carbocycles. The molecule has 2 heterocycles. The summed E-state index contributed by atoms with van der Waals surface area (Å²) in [4.78, 5) is 4.68. The molecule has 1 aliphatic heterocycles. The molecule has 3 heteroatoms. The molecule has 0 aliphatic carbocycles. The van der Waals surface area contributed by atoms with Crippen molar-refractivity contribution in [2.45, 2.75) is 52.5 Å². The molecule has 0 atom stereocenters. The number of aromatic nitrogens is 3. The Morgan fingerprint density at radius 3 is 2.53 bits per heavy atom. The van der Waals surface area contributed by atoms with E-state index < -0.39 is 0 Å². The molecule has 0 N–H and O–H groups in total. The van der Waals surface area contributed by atoms with Gasteiger partial charge in [0, 0.05) is 12.3 Å². The van der Waals surface area contributed by atoms with Gasteiger partial charge in [0.2, 0.25) is 0 Å². The Balaban J connectivity index is 1.97. The van der Waals surface area contributed by atoms with E-state index in [2.05, 4.69) is 60.7 Å². The smallest absolute Gasteiger partial charge is 0.153 e. The molecule has 3 nitrogen and oxygen atoms in total. The minimum Gasteiger partial charge on any atom is -0.245 e. The lowest BCUT2D eigenvalue weighted by atomic mass is 9.94. The van der Waals surface area contributed by atoms with Crippen LogP contribution < -0.4 is 0 Å². The van der Waals surface area contributed by atoms with Crippen LogP contribution in [0.25, 0.3) is 0 Å². The van der Waals surface area contributed by atoms with Crippen LogP contribution in [0, 0.1) is 0 Å². The van der Waals surface area contributed by atoms with Gasteiger partial charge in [0.05, 0.1) is 6.54 Å². The Morgan fingerprint density at radius 2 is 1.84 bits per heavy atom.